The molecule has 1 fully saturated rings. The fourth-order valence-electron chi connectivity index (χ4n) is 3.41. The van der Waals surface area contributed by atoms with Gasteiger partial charge in [0.1, 0.15) is 17.7 Å². The molecule has 1 aliphatic rings. The summed E-state index contributed by atoms with van der Waals surface area (Å²) in [7, 11) is 1.32. The lowest BCUT2D eigenvalue weighted by Gasteiger charge is -2.42. The van der Waals surface area contributed by atoms with Crippen molar-refractivity contribution in [2.75, 3.05) is 31.6 Å². The summed E-state index contributed by atoms with van der Waals surface area (Å²) in [4.78, 5) is 41.5. The number of alkyl carbamates (subject to hydrolysis) is 1. The Balaban J connectivity index is 2.18. The monoisotopic (exact) mass is 453 g/mol. The van der Waals surface area contributed by atoms with E-state index in [-0.39, 0.29) is 18.4 Å². The number of hydrogen-bond donors (Lipinski definition) is 1. The molecule has 172 valence electrons. The number of anilines is 1. The van der Waals surface area contributed by atoms with Gasteiger partial charge in [-0.1, -0.05) is 25.4 Å². The van der Waals surface area contributed by atoms with Crippen molar-refractivity contribution in [2.24, 2.45) is 5.92 Å². The molecule has 0 aliphatic carbocycles. The summed E-state index contributed by atoms with van der Waals surface area (Å²) >= 11 is 5.98. The van der Waals surface area contributed by atoms with Gasteiger partial charge in [0.15, 0.2) is 0 Å². The van der Waals surface area contributed by atoms with Crippen molar-refractivity contribution in [3.63, 3.8) is 0 Å². The molecule has 0 bridgehead atoms. The lowest BCUT2D eigenvalue weighted by Crippen LogP contribution is -2.62. The number of esters is 1. The molecule has 2 unspecified atom stereocenters. The van der Waals surface area contributed by atoms with Gasteiger partial charge in [0, 0.05) is 23.8 Å². The summed E-state index contributed by atoms with van der Waals surface area (Å²) in [5.74, 6) is -0.856. The number of amides is 2. The molecule has 0 radical (unpaired) electrons. The Hall–Kier alpha value is -2.48. The van der Waals surface area contributed by atoms with Crippen molar-refractivity contribution in [1.82, 2.24) is 10.2 Å². The maximum absolute atomic E-state index is 13.3. The summed E-state index contributed by atoms with van der Waals surface area (Å²) in [6.45, 7) is 9.95. The molecule has 0 spiro atoms. The topological polar surface area (TPSA) is 88.2 Å². The van der Waals surface area contributed by atoms with E-state index >= 15 is 0 Å². The number of rotatable bonds is 5. The number of benzene rings is 1. The Morgan fingerprint density at radius 3 is 2.26 bits per heavy atom. The third kappa shape index (κ3) is 6.75. The van der Waals surface area contributed by atoms with Crippen LogP contribution >= 0.6 is 11.6 Å². The van der Waals surface area contributed by atoms with Gasteiger partial charge < -0.3 is 24.6 Å². The molecule has 1 heterocycles. The maximum atomic E-state index is 13.3. The first-order valence-corrected chi connectivity index (χ1v) is 10.7. The van der Waals surface area contributed by atoms with Crippen molar-refractivity contribution in [3.05, 3.63) is 29.3 Å². The van der Waals surface area contributed by atoms with Gasteiger partial charge in [-0.2, -0.15) is 0 Å². The van der Waals surface area contributed by atoms with Crippen molar-refractivity contribution < 1.29 is 23.9 Å². The molecule has 1 N–H and O–H groups in total. The lowest BCUT2D eigenvalue weighted by atomic mass is 10.0. The molecule has 1 aromatic rings. The zero-order chi connectivity index (χ0) is 23.3. The Morgan fingerprint density at radius 1 is 1.13 bits per heavy atom. The predicted molar refractivity (Wildman–Crippen MR) is 119 cm³/mol. The van der Waals surface area contributed by atoms with Crippen LogP contribution in [0.5, 0.6) is 0 Å². The molecule has 1 saturated heterocycles. The van der Waals surface area contributed by atoms with E-state index in [0.29, 0.717) is 18.1 Å². The summed E-state index contributed by atoms with van der Waals surface area (Å²) in [6, 6.07) is 5.73. The number of ether oxygens (including phenoxy) is 2. The third-order valence-electron chi connectivity index (χ3n) is 4.93. The van der Waals surface area contributed by atoms with Gasteiger partial charge in [0.2, 0.25) is 5.91 Å². The van der Waals surface area contributed by atoms with E-state index in [1.807, 2.05) is 30.9 Å². The average molecular weight is 454 g/mol. The number of hydrogen-bond acceptors (Lipinski definition) is 6. The second kappa shape index (κ2) is 10.2. The van der Waals surface area contributed by atoms with Gasteiger partial charge >= 0.3 is 12.1 Å². The molecule has 2 atom stereocenters. The van der Waals surface area contributed by atoms with Crippen LogP contribution in [0.3, 0.4) is 0 Å². The number of nitrogens with one attached hydrogen (secondary N) is 1. The van der Waals surface area contributed by atoms with Crippen LogP contribution in [0.15, 0.2) is 24.3 Å². The molecule has 1 aromatic carbocycles. The van der Waals surface area contributed by atoms with Crippen molar-refractivity contribution in [1.29, 1.82) is 0 Å². The molecule has 31 heavy (non-hydrogen) atoms. The number of methoxy groups -OCH3 is 1. The van der Waals surface area contributed by atoms with Crippen LogP contribution in [-0.2, 0) is 19.1 Å². The zero-order valence-corrected chi connectivity index (χ0v) is 19.7. The van der Waals surface area contributed by atoms with Crippen molar-refractivity contribution >= 4 is 35.3 Å². The standard InChI is InChI=1S/C22H32ClN3O5/c1-14(2)18(24-21(29)31-22(3,4)5)19(27)25-11-12-26(17(13-25)20(28)30-6)16-9-7-15(23)8-10-16/h7-10,14,17-18H,11-13H2,1-6H3,(H,24,29). The largest absolute Gasteiger partial charge is 0.467 e. The van der Waals surface area contributed by atoms with E-state index in [2.05, 4.69) is 5.32 Å². The van der Waals surface area contributed by atoms with Crippen LogP contribution in [0.4, 0.5) is 10.5 Å². The summed E-state index contributed by atoms with van der Waals surface area (Å²) < 4.78 is 10.3. The van der Waals surface area contributed by atoms with Crippen LogP contribution in [0.25, 0.3) is 0 Å². The minimum Gasteiger partial charge on any atom is -0.467 e. The average Bonchev–Trinajstić information content (AvgIpc) is 2.69. The number of carbonyl (C=O) groups is 3. The molecule has 9 heteroatoms. The first-order chi connectivity index (χ1) is 14.4. The number of piperazine rings is 1. The second-order valence-electron chi connectivity index (χ2n) is 8.86. The Kier molecular flexibility index (Phi) is 8.17. The molecule has 2 rings (SSSR count). The second-order valence-corrected chi connectivity index (χ2v) is 9.30. The van der Waals surface area contributed by atoms with Crippen LogP contribution in [0, 0.1) is 5.92 Å². The third-order valence-corrected chi connectivity index (χ3v) is 5.18. The van der Waals surface area contributed by atoms with E-state index in [0.717, 1.165) is 5.69 Å². The quantitative estimate of drug-likeness (QED) is 0.689. The van der Waals surface area contributed by atoms with Crippen LogP contribution < -0.4 is 10.2 Å². The highest BCUT2D eigenvalue weighted by molar-refractivity contribution is 6.30. The van der Waals surface area contributed by atoms with E-state index in [1.165, 1.54) is 7.11 Å². The summed E-state index contributed by atoms with van der Waals surface area (Å²) in [6.07, 6.45) is -0.649. The van der Waals surface area contributed by atoms with E-state index in [4.69, 9.17) is 21.1 Å². The molecule has 1 aliphatic heterocycles. The summed E-state index contributed by atoms with van der Waals surface area (Å²) in [5.41, 5.74) is 0.147. The zero-order valence-electron chi connectivity index (χ0n) is 19.0. The number of nitrogens with zero attached hydrogens (tertiary/aromatic N) is 2. The first kappa shape index (κ1) is 24.8. The van der Waals surface area contributed by atoms with E-state index < -0.39 is 29.7 Å². The van der Waals surface area contributed by atoms with E-state index in [9.17, 15) is 14.4 Å². The van der Waals surface area contributed by atoms with Gasteiger partial charge in [-0.15, -0.1) is 0 Å². The highest BCUT2D eigenvalue weighted by atomic mass is 35.5. The van der Waals surface area contributed by atoms with Crippen molar-refractivity contribution in [3.8, 4) is 0 Å². The predicted octanol–water partition coefficient (Wildman–Crippen LogP) is 3.08. The number of halogens is 1. The van der Waals surface area contributed by atoms with Gasteiger partial charge in [0.25, 0.3) is 0 Å². The Morgan fingerprint density at radius 2 is 1.74 bits per heavy atom. The fourth-order valence-corrected chi connectivity index (χ4v) is 3.53. The molecular formula is C22H32ClN3O5. The van der Waals surface area contributed by atoms with Crippen LogP contribution in [0.2, 0.25) is 5.02 Å². The van der Waals surface area contributed by atoms with E-state index in [1.54, 1.807) is 37.8 Å². The molecule has 2 amide bonds. The lowest BCUT2D eigenvalue weighted by molar-refractivity contribution is -0.145. The van der Waals surface area contributed by atoms with Crippen LogP contribution in [0.1, 0.15) is 34.6 Å². The molecule has 0 saturated carbocycles. The van der Waals surface area contributed by atoms with Gasteiger partial charge in [-0.25, -0.2) is 9.59 Å². The Bertz CT molecular complexity index is 791. The van der Waals surface area contributed by atoms with Crippen LogP contribution in [-0.4, -0.2) is 67.3 Å². The normalized spacial score (nSPS) is 17.9. The minimum atomic E-state index is -0.768. The maximum Gasteiger partial charge on any atom is 0.408 e. The van der Waals surface area contributed by atoms with Gasteiger partial charge in [0.05, 0.1) is 13.7 Å². The Labute approximate surface area is 188 Å². The minimum absolute atomic E-state index is 0.146. The summed E-state index contributed by atoms with van der Waals surface area (Å²) in [5, 5.41) is 3.28. The SMILES string of the molecule is COC(=O)C1CN(C(=O)C(NC(=O)OC(C)(C)C)C(C)C)CCN1c1ccc(Cl)cc1. The molecule has 8 nitrogen and oxygen atoms in total. The number of carbonyl (C=O) groups excluding carboxylic acids is 3. The molecular weight excluding hydrogens is 422 g/mol. The van der Waals surface area contributed by atoms with Gasteiger partial charge in [-0.05, 0) is 51.0 Å². The first-order valence-electron chi connectivity index (χ1n) is 10.3. The smallest absolute Gasteiger partial charge is 0.408 e. The fraction of sp³-hybridized carbons (Fsp3) is 0.591. The van der Waals surface area contributed by atoms with Gasteiger partial charge in [-0.3, -0.25) is 4.79 Å². The highest BCUT2D eigenvalue weighted by Crippen LogP contribution is 2.24. The highest BCUT2D eigenvalue weighted by Gasteiger charge is 2.38. The van der Waals surface area contributed by atoms with Crippen molar-refractivity contribution in [2.45, 2.75) is 52.3 Å². The molecule has 0 aromatic heterocycles.